The monoisotopic (exact) mass is 397 g/mol. The molecule has 1 saturated heterocycles. The van der Waals surface area contributed by atoms with Crippen molar-refractivity contribution < 1.29 is 23.5 Å². The average Bonchev–Trinajstić information content (AvgIpc) is 2.93. The van der Waals surface area contributed by atoms with Crippen LogP contribution in [-0.2, 0) is 14.4 Å². The van der Waals surface area contributed by atoms with Gasteiger partial charge in [-0.05, 0) is 44.4 Å². The molecule has 2 aliphatic rings. The number of amides is 2. The number of hydrogen-bond acceptors (Lipinski definition) is 6. The third kappa shape index (κ3) is 3.45. The number of hydrogen-bond donors (Lipinski definition) is 0. The number of carbonyl (C=O) groups excluding carboxylic acids is 3. The summed E-state index contributed by atoms with van der Waals surface area (Å²) < 4.78 is 10.7. The van der Waals surface area contributed by atoms with Crippen molar-refractivity contribution in [2.75, 3.05) is 6.54 Å². The highest BCUT2D eigenvalue weighted by Gasteiger charge is 2.47. The van der Waals surface area contributed by atoms with Crippen LogP contribution in [0.3, 0.4) is 0 Å². The van der Waals surface area contributed by atoms with Crippen LogP contribution in [0.4, 0.5) is 0 Å². The molecule has 29 heavy (non-hydrogen) atoms. The van der Waals surface area contributed by atoms with Gasteiger partial charge < -0.3 is 9.15 Å². The highest BCUT2D eigenvalue weighted by molar-refractivity contribution is 6.05. The number of rotatable bonds is 4. The first-order valence-corrected chi connectivity index (χ1v) is 9.97. The molecular formula is C22H23NO6. The van der Waals surface area contributed by atoms with E-state index in [2.05, 4.69) is 0 Å². The van der Waals surface area contributed by atoms with Gasteiger partial charge >= 0.3 is 11.6 Å². The number of aryl methyl sites for hydroxylation is 2. The standard InChI is InChI=1S/C22H23NO6/c1-12-11-19(25)29-20-13(2)17(8-7-14(12)20)28-18(24)9-10-23-21(26)15-5-3-4-6-16(15)22(23)27/h7-8,11,15-16H,3-6,9-10H2,1-2H3/t15-,16+. The fourth-order valence-corrected chi connectivity index (χ4v) is 4.44. The third-order valence-electron chi connectivity index (χ3n) is 6.01. The summed E-state index contributed by atoms with van der Waals surface area (Å²) in [6.07, 6.45) is 3.35. The molecule has 0 spiro atoms. The first kappa shape index (κ1) is 19.4. The van der Waals surface area contributed by atoms with E-state index in [0.29, 0.717) is 16.9 Å². The van der Waals surface area contributed by atoms with Gasteiger partial charge in [0.25, 0.3) is 0 Å². The number of fused-ring (bicyclic) bond motifs is 2. The molecular weight excluding hydrogens is 374 g/mol. The van der Waals surface area contributed by atoms with E-state index in [9.17, 15) is 19.2 Å². The molecule has 1 saturated carbocycles. The molecule has 0 bridgehead atoms. The number of carbonyl (C=O) groups is 3. The molecule has 7 nitrogen and oxygen atoms in total. The lowest BCUT2D eigenvalue weighted by Crippen LogP contribution is -2.33. The molecule has 152 valence electrons. The molecule has 2 amide bonds. The first-order valence-electron chi connectivity index (χ1n) is 9.97. The Morgan fingerprint density at radius 2 is 1.76 bits per heavy atom. The minimum absolute atomic E-state index is 0.0321. The SMILES string of the molecule is Cc1cc(=O)oc2c(C)c(OC(=O)CCN3C(=O)[C@H]4CCCC[C@H]4C3=O)ccc12. The van der Waals surface area contributed by atoms with E-state index < -0.39 is 11.6 Å². The van der Waals surface area contributed by atoms with Crippen molar-refractivity contribution in [1.29, 1.82) is 0 Å². The lowest BCUT2D eigenvalue weighted by Gasteiger charge is -2.19. The number of ether oxygens (including phenoxy) is 1. The van der Waals surface area contributed by atoms with E-state index in [1.54, 1.807) is 19.1 Å². The Morgan fingerprint density at radius 3 is 2.41 bits per heavy atom. The van der Waals surface area contributed by atoms with Crippen molar-refractivity contribution in [2.45, 2.75) is 46.0 Å². The average molecular weight is 397 g/mol. The van der Waals surface area contributed by atoms with E-state index in [4.69, 9.17) is 9.15 Å². The second-order valence-corrected chi connectivity index (χ2v) is 7.86. The Labute approximate surface area is 167 Å². The zero-order chi connectivity index (χ0) is 20.7. The summed E-state index contributed by atoms with van der Waals surface area (Å²) in [6.45, 7) is 3.56. The van der Waals surface area contributed by atoms with Crippen LogP contribution < -0.4 is 10.4 Å². The largest absolute Gasteiger partial charge is 0.426 e. The summed E-state index contributed by atoms with van der Waals surface area (Å²) in [4.78, 5) is 50.2. The summed E-state index contributed by atoms with van der Waals surface area (Å²) in [5, 5.41) is 0.776. The van der Waals surface area contributed by atoms with Crippen LogP contribution >= 0.6 is 0 Å². The van der Waals surface area contributed by atoms with E-state index >= 15 is 0 Å². The van der Waals surface area contributed by atoms with Gasteiger partial charge in [0, 0.05) is 23.6 Å². The molecule has 2 heterocycles. The van der Waals surface area contributed by atoms with Gasteiger partial charge in [-0.1, -0.05) is 12.8 Å². The van der Waals surface area contributed by atoms with Crippen LogP contribution in [0.2, 0.25) is 0 Å². The molecule has 0 unspecified atom stereocenters. The van der Waals surface area contributed by atoms with Crippen molar-refractivity contribution in [3.8, 4) is 5.75 Å². The maximum atomic E-state index is 12.5. The predicted octanol–water partition coefficient (Wildman–Crippen LogP) is 2.88. The van der Waals surface area contributed by atoms with Gasteiger partial charge in [0.05, 0.1) is 18.3 Å². The van der Waals surface area contributed by atoms with Crippen LogP contribution in [0.5, 0.6) is 5.75 Å². The third-order valence-corrected chi connectivity index (χ3v) is 6.01. The van der Waals surface area contributed by atoms with Crippen LogP contribution in [-0.4, -0.2) is 29.2 Å². The smallest absolute Gasteiger partial charge is 0.336 e. The van der Waals surface area contributed by atoms with Gasteiger partial charge in [0.15, 0.2) is 0 Å². The number of imide groups is 1. The van der Waals surface area contributed by atoms with Crippen molar-refractivity contribution in [1.82, 2.24) is 4.90 Å². The quantitative estimate of drug-likeness (QED) is 0.341. The van der Waals surface area contributed by atoms with E-state index in [-0.39, 0.29) is 36.6 Å². The number of esters is 1. The van der Waals surface area contributed by atoms with Crippen LogP contribution in [0, 0.1) is 25.7 Å². The number of benzene rings is 1. The molecule has 0 radical (unpaired) electrons. The van der Waals surface area contributed by atoms with Gasteiger partial charge in [-0.25, -0.2) is 4.79 Å². The minimum atomic E-state index is -0.544. The van der Waals surface area contributed by atoms with E-state index in [0.717, 1.165) is 36.6 Å². The summed E-state index contributed by atoms with van der Waals surface area (Å²) in [7, 11) is 0. The summed E-state index contributed by atoms with van der Waals surface area (Å²) in [5.41, 5.74) is 1.25. The van der Waals surface area contributed by atoms with Crippen LogP contribution in [0.1, 0.15) is 43.2 Å². The first-order chi connectivity index (χ1) is 13.9. The Hall–Kier alpha value is -2.96. The number of nitrogens with zero attached hydrogens (tertiary/aromatic N) is 1. The maximum Gasteiger partial charge on any atom is 0.336 e. The van der Waals surface area contributed by atoms with Gasteiger partial charge in [0.2, 0.25) is 11.8 Å². The Kier molecular flexibility index (Phi) is 4.98. The summed E-state index contributed by atoms with van der Waals surface area (Å²) >= 11 is 0. The summed E-state index contributed by atoms with van der Waals surface area (Å²) in [5.74, 6) is -1.01. The molecule has 1 aromatic heterocycles. The minimum Gasteiger partial charge on any atom is -0.426 e. The molecule has 0 N–H and O–H groups in total. The number of likely N-dealkylation sites (tertiary alicyclic amines) is 1. The van der Waals surface area contributed by atoms with Gasteiger partial charge in [-0.15, -0.1) is 0 Å². The van der Waals surface area contributed by atoms with Crippen molar-refractivity contribution in [3.05, 3.63) is 39.7 Å². The Morgan fingerprint density at radius 1 is 1.10 bits per heavy atom. The Bertz CT molecular complexity index is 1040. The van der Waals surface area contributed by atoms with E-state index in [1.165, 1.54) is 11.0 Å². The molecule has 1 aromatic carbocycles. The molecule has 2 aromatic rings. The van der Waals surface area contributed by atoms with Crippen molar-refractivity contribution in [2.24, 2.45) is 11.8 Å². The van der Waals surface area contributed by atoms with Crippen molar-refractivity contribution >= 4 is 28.8 Å². The fourth-order valence-electron chi connectivity index (χ4n) is 4.44. The molecule has 4 rings (SSSR count). The molecule has 2 atom stereocenters. The van der Waals surface area contributed by atoms with Gasteiger partial charge in [-0.2, -0.15) is 0 Å². The zero-order valence-corrected chi connectivity index (χ0v) is 16.5. The molecule has 2 fully saturated rings. The van der Waals surface area contributed by atoms with E-state index in [1.807, 2.05) is 6.92 Å². The Balaban J connectivity index is 1.45. The van der Waals surface area contributed by atoms with Gasteiger partial charge in [-0.3, -0.25) is 19.3 Å². The fraction of sp³-hybridized carbons (Fsp3) is 0.455. The topological polar surface area (TPSA) is 93.9 Å². The summed E-state index contributed by atoms with van der Waals surface area (Å²) in [6, 6.07) is 4.81. The van der Waals surface area contributed by atoms with Gasteiger partial charge in [0.1, 0.15) is 11.3 Å². The van der Waals surface area contributed by atoms with Crippen molar-refractivity contribution in [3.63, 3.8) is 0 Å². The molecule has 1 aliphatic heterocycles. The lowest BCUT2D eigenvalue weighted by atomic mass is 9.81. The zero-order valence-electron chi connectivity index (χ0n) is 16.5. The second kappa shape index (κ2) is 7.46. The predicted molar refractivity (Wildman–Crippen MR) is 104 cm³/mol. The maximum absolute atomic E-state index is 12.5. The van der Waals surface area contributed by atoms with Crippen LogP contribution in [0.25, 0.3) is 11.0 Å². The normalized spacial score (nSPS) is 21.5. The second-order valence-electron chi connectivity index (χ2n) is 7.86. The molecule has 7 heteroatoms. The molecule has 1 aliphatic carbocycles. The lowest BCUT2D eigenvalue weighted by molar-refractivity contribution is -0.141. The highest BCUT2D eigenvalue weighted by Crippen LogP contribution is 2.38. The van der Waals surface area contributed by atoms with Crippen LogP contribution in [0.15, 0.2) is 27.4 Å². The highest BCUT2D eigenvalue weighted by atomic mass is 16.5.